The molecule has 2 aromatic rings. The number of hydrogen-bond donors (Lipinski definition) is 2. The number of aryl methyl sites for hydroxylation is 2. The van der Waals surface area contributed by atoms with E-state index in [-0.39, 0.29) is 33.8 Å². The molecule has 0 saturated heterocycles. The smallest absolute Gasteiger partial charge is 0.322 e. The summed E-state index contributed by atoms with van der Waals surface area (Å²) < 4.78 is 119. The molecule has 1 amide bonds. The van der Waals surface area contributed by atoms with Crippen molar-refractivity contribution in [1.82, 2.24) is 0 Å². The van der Waals surface area contributed by atoms with Gasteiger partial charge in [-0.15, -0.1) is 0 Å². The van der Waals surface area contributed by atoms with Gasteiger partial charge in [0, 0.05) is 22.5 Å². The highest BCUT2D eigenvalue weighted by molar-refractivity contribution is 7.92. The van der Waals surface area contributed by atoms with Crippen LogP contribution in [0, 0.1) is 13.8 Å². The quantitative estimate of drug-likeness (QED) is 0.446. The van der Waals surface area contributed by atoms with Crippen LogP contribution in [0.1, 0.15) is 40.4 Å². The van der Waals surface area contributed by atoms with Crippen molar-refractivity contribution in [3.8, 4) is 0 Å². The number of sulfonamides is 1. The normalized spacial score (nSPS) is 13.0. The third kappa shape index (κ3) is 5.62. The second-order valence-corrected chi connectivity index (χ2v) is 9.44. The molecule has 0 fully saturated rings. The predicted octanol–water partition coefficient (Wildman–Crippen LogP) is 6.00. The molecule has 0 atom stereocenters. The van der Waals surface area contributed by atoms with Crippen molar-refractivity contribution in [1.29, 1.82) is 0 Å². The van der Waals surface area contributed by atoms with Crippen LogP contribution in [-0.4, -0.2) is 32.4 Å². The summed E-state index contributed by atoms with van der Waals surface area (Å²) in [4.78, 5) is 12.6. The van der Waals surface area contributed by atoms with Crippen LogP contribution in [0.15, 0.2) is 36.4 Å². The van der Waals surface area contributed by atoms with Crippen LogP contribution in [-0.2, 0) is 15.7 Å². The van der Waals surface area contributed by atoms with E-state index in [0.717, 1.165) is 13.8 Å². The van der Waals surface area contributed by atoms with E-state index in [1.165, 1.54) is 24.3 Å². The Kier molecular flexibility index (Phi) is 7.61. The van der Waals surface area contributed by atoms with E-state index >= 15 is 0 Å². The molecule has 0 heterocycles. The van der Waals surface area contributed by atoms with E-state index < -0.39 is 39.5 Å². The van der Waals surface area contributed by atoms with E-state index in [1.54, 1.807) is 6.92 Å². The van der Waals surface area contributed by atoms with Crippen LogP contribution in [0.25, 0.3) is 0 Å². The second-order valence-electron chi connectivity index (χ2n) is 7.59. The minimum atomic E-state index is -6.26. The van der Waals surface area contributed by atoms with Gasteiger partial charge in [-0.25, -0.2) is 12.8 Å². The standard InChI is InChI=1S/C21H21F7N2O3S/c1-4-8-34(32,33)30-16-7-5-6-14(11-16)18(31)29-17-12(2)9-15(10-13(17)3)19(22,20(23,24)25)21(26,27)28/h5-7,9-11,30H,4,8H2,1-3H3,(H,29,31). The monoisotopic (exact) mass is 514 g/mol. The van der Waals surface area contributed by atoms with E-state index in [0.29, 0.717) is 18.6 Å². The van der Waals surface area contributed by atoms with Gasteiger partial charge >= 0.3 is 18.0 Å². The molecular weight excluding hydrogens is 493 g/mol. The first kappa shape index (κ1) is 27.4. The topological polar surface area (TPSA) is 75.3 Å². The Hall–Kier alpha value is -2.83. The average Bonchev–Trinajstić information content (AvgIpc) is 2.67. The highest BCUT2D eigenvalue weighted by Gasteiger charge is 2.73. The number of alkyl halides is 7. The van der Waals surface area contributed by atoms with Crippen molar-refractivity contribution in [2.45, 2.75) is 45.2 Å². The van der Waals surface area contributed by atoms with Gasteiger partial charge in [-0.05, 0) is 49.6 Å². The van der Waals surface area contributed by atoms with Crippen LogP contribution in [0.5, 0.6) is 0 Å². The highest BCUT2D eigenvalue weighted by Crippen LogP contribution is 2.53. The van der Waals surface area contributed by atoms with E-state index in [2.05, 4.69) is 10.0 Å². The van der Waals surface area contributed by atoms with Crippen molar-refractivity contribution >= 4 is 27.3 Å². The summed E-state index contributed by atoms with van der Waals surface area (Å²) in [5.41, 5.74) is -7.79. The Labute approximate surface area is 191 Å². The summed E-state index contributed by atoms with van der Waals surface area (Å²) in [6, 6.07) is 6.06. The molecule has 0 bridgehead atoms. The Morgan fingerprint density at radius 2 is 1.44 bits per heavy atom. The first-order valence-electron chi connectivity index (χ1n) is 9.79. The van der Waals surface area contributed by atoms with Gasteiger partial charge in [0.25, 0.3) is 5.91 Å². The number of benzene rings is 2. The van der Waals surface area contributed by atoms with Crippen LogP contribution < -0.4 is 10.0 Å². The van der Waals surface area contributed by atoms with Gasteiger partial charge in [-0.2, -0.15) is 26.3 Å². The minimum Gasteiger partial charge on any atom is -0.322 e. The molecule has 0 aliphatic carbocycles. The maximum Gasteiger partial charge on any atom is 0.435 e. The fourth-order valence-electron chi connectivity index (χ4n) is 3.26. The van der Waals surface area contributed by atoms with Crippen LogP contribution in [0.3, 0.4) is 0 Å². The first-order chi connectivity index (χ1) is 15.4. The molecule has 0 saturated carbocycles. The zero-order valence-corrected chi connectivity index (χ0v) is 19.0. The lowest BCUT2D eigenvalue weighted by molar-refractivity contribution is -0.348. The highest BCUT2D eigenvalue weighted by atomic mass is 32.2. The molecule has 13 heteroatoms. The van der Waals surface area contributed by atoms with Crippen LogP contribution in [0.4, 0.5) is 42.1 Å². The van der Waals surface area contributed by atoms with Gasteiger partial charge < -0.3 is 5.32 Å². The molecular formula is C21H21F7N2O3S. The molecule has 0 aromatic heterocycles. The fraction of sp³-hybridized carbons (Fsp3) is 0.381. The third-order valence-corrected chi connectivity index (χ3v) is 6.31. The van der Waals surface area contributed by atoms with Gasteiger partial charge in [0.2, 0.25) is 10.0 Å². The predicted molar refractivity (Wildman–Crippen MR) is 113 cm³/mol. The Morgan fingerprint density at radius 1 is 0.912 bits per heavy atom. The molecule has 2 rings (SSSR count). The molecule has 0 radical (unpaired) electrons. The molecule has 0 unspecified atom stereocenters. The Bertz CT molecular complexity index is 1140. The number of halogens is 7. The van der Waals surface area contributed by atoms with Gasteiger partial charge in [-0.1, -0.05) is 25.1 Å². The molecule has 5 nitrogen and oxygen atoms in total. The lowest BCUT2D eigenvalue weighted by Crippen LogP contribution is -2.50. The second kappa shape index (κ2) is 9.43. The van der Waals surface area contributed by atoms with Gasteiger partial charge in [0.05, 0.1) is 5.75 Å². The molecule has 188 valence electrons. The number of carbonyl (C=O) groups is 1. The van der Waals surface area contributed by atoms with Crippen LogP contribution in [0.2, 0.25) is 0 Å². The number of anilines is 2. The summed E-state index contributed by atoms with van der Waals surface area (Å²) in [5.74, 6) is -0.964. The van der Waals surface area contributed by atoms with Crippen molar-refractivity contribution in [3.05, 3.63) is 58.7 Å². The molecule has 34 heavy (non-hydrogen) atoms. The lowest BCUT2D eigenvalue weighted by atomic mass is 9.90. The summed E-state index contributed by atoms with van der Waals surface area (Å²) in [7, 11) is -3.64. The SMILES string of the molecule is CCCS(=O)(=O)Nc1cccc(C(=O)Nc2c(C)cc(C(F)(C(F)(F)F)C(F)(F)F)cc2C)c1. The van der Waals surface area contributed by atoms with Crippen LogP contribution >= 0.6 is 0 Å². The van der Waals surface area contributed by atoms with E-state index in [1.807, 2.05) is 0 Å². The van der Waals surface area contributed by atoms with Gasteiger partial charge in [-0.3, -0.25) is 9.52 Å². The van der Waals surface area contributed by atoms with Crippen molar-refractivity contribution in [2.75, 3.05) is 15.8 Å². The summed E-state index contributed by atoms with van der Waals surface area (Å²) in [6.45, 7) is 3.90. The number of amides is 1. The maximum atomic E-state index is 14.4. The number of rotatable bonds is 7. The zero-order valence-electron chi connectivity index (χ0n) is 18.2. The zero-order chi connectivity index (χ0) is 26.1. The lowest BCUT2D eigenvalue weighted by Gasteiger charge is -2.31. The van der Waals surface area contributed by atoms with Crippen molar-refractivity contribution in [3.63, 3.8) is 0 Å². The maximum absolute atomic E-state index is 14.4. The van der Waals surface area contributed by atoms with E-state index in [4.69, 9.17) is 0 Å². The summed E-state index contributed by atoms with van der Waals surface area (Å²) >= 11 is 0. The summed E-state index contributed by atoms with van der Waals surface area (Å²) in [5, 5.41) is 2.37. The molecule has 0 aliphatic heterocycles. The molecule has 0 spiro atoms. The average molecular weight is 514 g/mol. The molecule has 2 N–H and O–H groups in total. The number of carbonyl (C=O) groups excluding carboxylic acids is 1. The van der Waals surface area contributed by atoms with Gasteiger partial charge in [0.1, 0.15) is 0 Å². The fourth-order valence-corrected chi connectivity index (χ4v) is 4.38. The van der Waals surface area contributed by atoms with E-state index in [9.17, 15) is 43.9 Å². The Balaban J connectivity index is 2.40. The largest absolute Gasteiger partial charge is 0.435 e. The van der Waals surface area contributed by atoms with Gasteiger partial charge in [0.15, 0.2) is 0 Å². The minimum absolute atomic E-state index is 0.0370. The molecule has 0 aliphatic rings. The third-order valence-electron chi connectivity index (χ3n) is 4.82. The number of hydrogen-bond acceptors (Lipinski definition) is 3. The molecule has 2 aromatic carbocycles. The van der Waals surface area contributed by atoms with Crippen molar-refractivity contribution in [2.24, 2.45) is 0 Å². The number of nitrogens with one attached hydrogen (secondary N) is 2. The van der Waals surface area contributed by atoms with Crippen molar-refractivity contribution < 1.29 is 43.9 Å². The Morgan fingerprint density at radius 3 is 1.91 bits per heavy atom. The summed E-state index contributed by atoms with van der Waals surface area (Å²) in [6.07, 6.45) is -12.2. The first-order valence-corrected chi connectivity index (χ1v) is 11.4.